The van der Waals surface area contributed by atoms with Crippen molar-refractivity contribution in [2.45, 2.75) is 19.8 Å². The smallest absolute Gasteiger partial charge is 0.293 e. The topological polar surface area (TPSA) is 137 Å². The van der Waals surface area contributed by atoms with Gasteiger partial charge in [-0.25, -0.2) is 10.1 Å². The predicted octanol–water partition coefficient (Wildman–Crippen LogP) is 1.60. The predicted molar refractivity (Wildman–Crippen MR) is 94.1 cm³/mol. The minimum Gasteiger partial charge on any atom is -0.378 e. The van der Waals surface area contributed by atoms with Crippen LogP contribution in [-0.4, -0.2) is 37.4 Å². The number of amides is 1. The van der Waals surface area contributed by atoms with Gasteiger partial charge in [0.1, 0.15) is 0 Å². The minimum atomic E-state index is -0.500. The third-order valence-electron chi connectivity index (χ3n) is 3.41. The van der Waals surface area contributed by atoms with Gasteiger partial charge < -0.3 is 5.73 Å². The van der Waals surface area contributed by atoms with Crippen molar-refractivity contribution in [3.8, 4) is 5.82 Å². The average Bonchev–Trinajstić information content (AvgIpc) is 3.23. The van der Waals surface area contributed by atoms with E-state index in [1.165, 1.54) is 10.9 Å². The van der Waals surface area contributed by atoms with Crippen LogP contribution in [0.4, 0.5) is 5.82 Å². The van der Waals surface area contributed by atoms with Gasteiger partial charge in [-0.2, -0.15) is 9.78 Å². The molecule has 0 radical (unpaired) electrons. The van der Waals surface area contributed by atoms with E-state index in [2.05, 4.69) is 35.8 Å². The second-order valence-electron chi connectivity index (χ2n) is 5.27. The van der Waals surface area contributed by atoms with Gasteiger partial charge >= 0.3 is 0 Å². The molecule has 2 heterocycles. The number of hydrogen-bond acceptors (Lipinski definition) is 8. The van der Waals surface area contributed by atoms with E-state index in [4.69, 9.17) is 17.3 Å². The highest BCUT2D eigenvalue weighted by atomic mass is 35.5. The molecule has 0 fully saturated rings. The number of nitrogens with zero attached hydrogens (tertiary/aromatic N) is 6. The standard InChI is InChI=1S/C15H15ClN8O2/c1-2-3-11-12(19-23-24(11)14-13(17)21-26-22-14)15(25)20-18-8-9-4-6-10(16)7-5-9/h4-8H,2-3H2,1H3,(H2,17,21)(H,20,25). The van der Waals surface area contributed by atoms with Gasteiger partial charge in [-0.15, -0.1) is 5.10 Å². The number of benzene rings is 1. The van der Waals surface area contributed by atoms with Crippen LogP contribution in [0.1, 0.15) is 35.1 Å². The highest BCUT2D eigenvalue weighted by Crippen LogP contribution is 2.17. The minimum absolute atomic E-state index is 0.0555. The molecule has 3 aromatic rings. The maximum Gasteiger partial charge on any atom is 0.293 e. The normalized spacial score (nSPS) is 11.2. The summed E-state index contributed by atoms with van der Waals surface area (Å²) in [4.78, 5) is 12.4. The van der Waals surface area contributed by atoms with Gasteiger partial charge in [0, 0.05) is 5.02 Å². The van der Waals surface area contributed by atoms with E-state index in [0.717, 1.165) is 12.0 Å². The number of anilines is 1. The Balaban J connectivity index is 1.79. The van der Waals surface area contributed by atoms with Crippen LogP contribution in [-0.2, 0) is 6.42 Å². The zero-order valence-electron chi connectivity index (χ0n) is 13.8. The summed E-state index contributed by atoms with van der Waals surface area (Å²) in [5.74, 6) is -0.260. The summed E-state index contributed by atoms with van der Waals surface area (Å²) in [5.41, 5.74) is 9.56. The summed E-state index contributed by atoms with van der Waals surface area (Å²) in [7, 11) is 0. The molecule has 0 bridgehead atoms. The van der Waals surface area contributed by atoms with Crippen LogP contribution in [0.25, 0.3) is 5.82 Å². The summed E-state index contributed by atoms with van der Waals surface area (Å²) in [5, 5.41) is 19.6. The summed E-state index contributed by atoms with van der Waals surface area (Å²) in [6.45, 7) is 1.96. The van der Waals surface area contributed by atoms with Crippen LogP contribution >= 0.6 is 11.6 Å². The lowest BCUT2D eigenvalue weighted by molar-refractivity contribution is 0.0949. The van der Waals surface area contributed by atoms with Crippen molar-refractivity contribution in [2.75, 3.05) is 5.73 Å². The summed E-state index contributed by atoms with van der Waals surface area (Å²) < 4.78 is 5.92. The first-order valence-electron chi connectivity index (χ1n) is 7.72. The van der Waals surface area contributed by atoms with E-state index in [0.29, 0.717) is 17.1 Å². The van der Waals surface area contributed by atoms with E-state index in [-0.39, 0.29) is 17.3 Å². The van der Waals surface area contributed by atoms with Crippen LogP contribution in [0.2, 0.25) is 5.02 Å². The lowest BCUT2D eigenvalue weighted by Gasteiger charge is -2.03. The van der Waals surface area contributed by atoms with Crippen molar-refractivity contribution in [1.82, 2.24) is 30.7 Å². The van der Waals surface area contributed by atoms with Crippen LogP contribution in [0.5, 0.6) is 0 Å². The SMILES string of the molecule is CCCc1c(C(=O)NN=Cc2ccc(Cl)cc2)nnn1-c1nonc1N. The Kier molecular flexibility index (Phi) is 5.23. The number of hydrogen-bond donors (Lipinski definition) is 2. The zero-order chi connectivity index (χ0) is 18.5. The second-order valence-corrected chi connectivity index (χ2v) is 5.71. The van der Waals surface area contributed by atoms with Gasteiger partial charge in [-0.3, -0.25) is 4.79 Å². The van der Waals surface area contributed by atoms with Crippen LogP contribution in [0.15, 0.2) is 34.0 Å². The van der Waals surface area contributed by atoms with Gasteiger partial charge in [0.2, 0.25) is 11.6 Å². The van der Waals surface area contributed by atoms with Crippen molar-refractivity contribution in [1.29, 1.82) is 0 Å². The molecule has 0 aliphatic rings. The third kappa shape index (κ3) is 3.70. The average molecular weight is 375 g/mol. The number of hydrazone groups is 1. The van der Waals surface area contributed by atoms with Gasteiger partial charge in [-0.05, 0) is 34.4 Å². The van der Waals surface area contributed by atoms with Crippen LogP contribution < -0.4 is 11.2 Å². The molecule has 0 aliphatic heterocycles. The largest absolute Gasteiger partial charge is 0.378 e. The molecule has 0 spiro atoms. The molecule has 1 aromatic carbocycles. The molecule has 0 aliphatic carbocycles. The fourth-order valence-electron chi connectivity index (χ4n) is 2.21. The lowest BCUT2D eigenvalue weighted by Crippen LogP contribution is -2.20. The Morgan fingerprint density at radius 1 is 1.38 bits per heavy atom. The van der Waals surface area contributed by atoms with E-state index >= 15 is 0 Å². The fraction of sp³-hybridized carbons (Fsp3) is 0.200. The molecular weight excluding hydrogens is 360 g/mol. The number of halogens is 1. The Bertz CT molecular complexity index is 932. The molecule has 3 rings (SSSR count). The van der Waals surface area contributed by atoms with E-state index in [1.807, 2.05) is 6.92 Å². The Labute approximate surface area is 153 Å². The molecule has 3 N–H and O–H groups in total. The first-order valence-corrected chi connectivity index (χ1v) is 8.10. The van der Waals surface area contributed by atoms with E-state index < -0.39 is 5.91 Å². The molecule has 0 atom stereocenters. The van der Waals surface area contributed by atoms with Gasteiger partial charge in [-0.1, -0.05) is 42.3 Å². The Hall–Kier alpha value is -3.27. The molecule has 0 saturated heterocycles. The number of carbonyl (C=O) groups excluding carboxylic acids is 1. The number of nitrogens with one attached hydrogen (secondary N) is 1. The van der Waals surface area contributed by atoms with Crippen molar-refractivity contribution < 1.29 is 9.42 Å². The number of nitrogens with two attached hydrogens (primary N) is 1. The van der Waals surface area contributed by atoms with E-state index in [1.54, 1.807) is 24.3 Å². The first-order chi connectivity index (χ1) is 12.6. The number of aromatic nitrogens is 5. The summed E-state index contributed by atoms with van der Waals surface area (Å²) in [6, 6.07) is 7.01. The lowest BCUT2D eigenvalue weighted by atomic mass is 10.2. The highest BCUT2D eigenvalue weighted by molar-refractivity contribution is 6.30. The Morgan fingerprint density at radius 2 is 2.15 bits per heavy atom. The molecule has 134 valence electrons. The van der Waals surface area contributed by atoms with Gasteiger partial charge in [0.25, 0.3) is 5.91 Å². The molecular formula is C15H15ClN8O2. The Morgan fingerprint density at radius 3 is 2.81 bits per heavy atom. The molecule has 10 nitrogen and oxygen atoms in total. The molecule has 1 amide bonds. The first kappa shape index (κ1) is 17.5. The molecule has 2 aromatic heterocycles. The van der Waals surface area contributed by atoms with Gasteiger partial charge in [0.05, 0.1) is 11.9 Å². The maximum atomic E-state index is 12.4. The molecule has 11 heteroatoms. The third-order valence-corrected chi connectivity index (χ3v) is 3.66. The molecule has 0 saturated carbocycles. The van der Waals surface area contributed by atoms with Crippen molar-refractivity contribution >= 4 is 29.5 Å². The summed E-state index contributed by atoms with van der Waals surface area (Å²) in [6.07, 6.45) is 2.79. The van der Waals surface area contributed by atoms with Crippen molar-refractivity contribution in [3.63, 3.8) is 0 Å². The number of rotatable bonds is 6. The zero-order valence-corrected chi connectivity index (χ0v) is 14.5. The fourth-order valence-corrected chi connectivity index (χ4v) is 2.34. The second kappa shape index (κ2) is 7.74. The summed E-state index contributed by atoms with van der Waals surface area (Å²) >= 11 is 5.82. The van der Waals surface area contributed by atoms with Crippen LogP contribution in [0.3, 0.4) is 0 Å². The maximum absolute atomic E-state index is 12.4. The van der Waals surface area contributed by atoms with Gasteiger partial charge in [0.15, 0.2) is 5.69 Å². The van der Waals surface area contributed by atoms with E-state index in [9.17, 15) is 4.79 Å². The monoisotopic (exact) mass is 374 g/mol. The van der Waals surface area contributed by atoms with Crippen molar-refractivity contribution in [3.05, 3.63) is 46.2 Å². The van der Waals surface area contributed by atoms with Crippen LogP contribution in [0, 0.1) is 0 Å². The quantitative estimate of drug-likeness (QED) is 0.493. The van der Waals surface area contributed by atoms with Crippen molar-refractivity contribution in [2.24, 2.45) is 5.10 Å². The molecule has 26 heavy (non-hydrogen) atoms. The number of carbonyl (C=O) groups is 1. The highest BCUT2D eigenvalue weighted by Gasteiger charge is 2.23. The number of nitrogen functional groups attached to an aromatic ring is 1. The molecule has 0 unspecified atom stereocenters.